The van der Waals surface area contributed by atoms with Gasteiger partial charge in [0.25, 0.3) is 0 Å². The highest BCUT2D eigenvalue weighted by Crippen LogP contribution is 2.29. The first-order valence-electron chi connectivity index (χ1n) is 3.90. The van der Waals surface area contributed by atoms with E-state index in [1.54, 1.807) is 23.0 Å². The number of nitrogens with zero attached hydrogens (tertiary/aromatic N) is 1. The van der Waals surface area contributed by atoms with Gasteiger partial charge in [-0.1, -0.05) is 0 Å². The maximum Gasteiger partial charge on any atom is 0.124 e. The van der Waals surface area contributed by atoms with Gasteiger partial charge in [-0.3, -0.25) is 4.98 Å². The highest BCUT2D eigenvalue weighted by molar-refractivity contribution is 7.12. The molecule has 0 aromatic carbocycles. The Kier molecular flexibility index (Phi) is 2.44. The number of aromatic nitrogens is 1. The Bertz CT molecular complexity index is 380. The largest absolute Gasteiger partial charge is 0.382 e. The first-order chi connectivity index (χ1) is 6.27. The predicted octanol–water partition coefficient (Wildman–Crippen LogP) is 2.59. The summed E-state index contributed by atoms with van der Waals surface area (Å²) < 4.78 is 0. The molecule has 68 valence electrons. The van der Waals surface area contributed by atoms with Crippen LogP contribution in [0.15, 0.2) is 23.8 Å². The molecule has 2 aromatic rings. The van der Waals surface area contributed by atoms with Crippen molar-refractivity contribution >= 4 is 22.7 Å². The molecule has 1 N–H and O–H groups in total. The zero-order valence-corrected chi connectivity index (χ0v) is 8.73. The number of hydrogen-bond donors (Lipinski definition) is 1. The van der Waals surface area contributed by atoms with Crippen molar-refractivity contribution < 1.29 is 5.11 Å². The molecule has 1 atom stereocenters. The van der Waals surface area contributed by atoms with Crippen LogP contribution in [0.1, 0.15) is 20.7 Å². The van der Waals surface area contributed by atoms with Crippen LogP contribution in [0, 0.1) is 6.92 Å². The van der Waals surface area contributed by atoms with E-state index in [-0.39, 0.29) is 0 Å². The second-order valence-electron chi connectivity index (χ2n) is 2.75. The monoisotopic (exact) mass is 211 g/mol. The van der Waals surface area contributed by atoms with Gasteiger partial charge in [-0.25, -0.2) is 0 Å². The van der Waals surface area contributed by atoms with Gasteiger partial charge in [-0.15, -0.1) is 22.7 Å². The van der Waals surface area contributed by atoms with Crippen LogP contribution in [0.2, 0.25) is 0 Å². The summed E-state index contributed by atoms with van der Waals surface area (Å²) in [5.41, 5.74) is 1.74. The number of aliphatic hydroxyl groups excluding tert-OH is 1. The smallest absolute Gasteiger partial charge is 0.124 e. The average molecular weight is 211 g/mol. The van der Waals surface area contributed by atoms with Gasteiger partial charge in [0, 0.05) is 16.0 Å². The SMILES string of the molecule is Cc1ccc(C(O)c2cncs2)s1. The molecule has 0 aliphatic heterocycles. The molecule has 0 spiro atoms. The van der Waals surface area contributed by atoms with E-state index in [0.29, 0.717) is 0 Å². The Balaban J connectivity index is 2.28. The lowest BCUT2D eigenvalue weighted by molar-refractivity contribution is 0.228. The molecule has 0 radical (unpaired) electrons. The van der Waals surface area contributed by atoms with Crippen molar-refractivity contribution in [2.75, 3.05) is 0 Å². The molecule has 0 fully saturated rings. The minimum Gasteiger partial charge on any atom is -0.382 e. The van der Waals surface area contributed by atoms with E-state index in [0.717, 1.165) is 9.75 Å². The fraction of sp³-hybridized carbons (Fsp3) is 0.222. The number of thiophene rings is 1. The molecule has 0 saturated carbocycles. The summed E-state index contributed by atoms with van der Waals surface area (Å²) in [5, 5.41) is 9.87. The molecule has 1 unspecified atom stereocenters. The molecule has 2 aromatic heterocycles. The van der Waals surface area contributed by atoms with Crippen molar-refractivity contribution in [2.24, 2.45) is 0 Å². The second-order valence-corrected chi connectivity index (χ2v) is 4.99. The predicted molar refractivity (Wildman–Crippen MR) is 55.2 cm³/mol. The van der Waals surface area contributed by atoms with E-state index >= 15 is 0 Å². The van der Waals surface area contributed by atoms with Crippen LogP contribution in [0.4, 0.5) is 0 Å². The molecule has 0 saturated heterocycles. The summed E-state index contributed by atoms with van der Waals surface area (Å²) in [6, 6.07) is 3.98. The Morgan fingerprint density at radius 3 is 2.77 bits per heavy atom. The van der Waals surface area contributed by atoms with E-state index in [4.69, 9.17) is 0 Å². The number of rotatable bonds is 2. The Hall–Kier alpha value is -0.710. The quantitative estimate of drug-likeness (QED) is 0.828. The molecular weight excluding hydrogens is 202 g/mol. The summed E-state index contributed by atoms with van der Waals surface area (Å²) in [5.74, 6) is 0. The molecule has 2 rings (SSSR count). The average Bonchev–Trinajstić information content (AvgIpc) is 2.72. The maximum atomic E-state index is 9.87. The van der Waals surface area contributed by atoms with Crippen LogP contribution in [0.3, 0.4) is 0 Å². The van der Waals surface area contributed by atoms with Crippen LogP contribution < -0.4 is 0 Å². The summed E-state index contributed by atoms with van der Waals surface area (Å²) in [6.07, 6.45) is 1.22. The minimum absolute atomic E-state index is 0.494. The van der Waals surface area contributed by atoms with Gasteiger partial charge in [0.2, 0.25) is 0 Å². The third-order valence-corrected chi connectivity index (χ3v) is 3.63. The van der Waals surface area contributed by atoms with Gasteiger partial charge in [0.05, 0.1) is 10.4 Å². The van der Waals surface area contributed by atoms with Crippen molar-refractivity contribution in [1.82, 2.24) is 4.98 Å². The van der Waals surface area contributed by atoms with E-state index in [1.807, 2.05) is 19.1 Å². The lowest BCUT2D eigenvalue weighted by Gasteiger charge is -2.03. The Morgan fingerprint density at radius 2 is 2.23 bits per heavy atom. The molecular formula is C9H9NOS2. The van der Waals surface area contributed by atoms with Crippen LogP contribution in [-0.2, 0) is 0 Å². The lowest BCUT2D eigenvalue weighted by atomic mass is 10.2. The molecule has 0 aliphatic rings. The molecule has 0 aliphatic carbocycles. The first kappa shape index (κ1) is 8.87. The summed E-state index contributed by atoms with van der Waals surface area (Å²) in [7, 11) is 0. The zero-order chi connectivity index (χ0) is 9.26. The molecule has 0 amide bonds. The fourth-order valence-electron chi connectivity index (χ4n) is 1.10. The van der Waals surface area contributed by atoms with E-state index in [1.165, 1.54) is 16.2 Å². The highest BCUT2D eigenvalue weighted by atomic mass is 32.1. The van der Waals surface area contributed by atoms with Crippen molar-refractivity contribution in [3.63, 3.8) is 0 Å². The highest BCUT2D eigenvalue weighted by Gasteiger charge is 2.13. The van der Waals surface area contributed by atoms with Crippen LogP contribution in [0.25, 0.3) is 0 Å². The minimum atomic E-state index is -0.494. The third kappa shape index (κ3) is 1.80. The van der Waals surface area contributed by atoms with Crippen LogP contribution in [0.5, 0.6) is 0 Å². The molecule has 4 heteroatoms. The molecule has 0 bridgehead atoms. The van der Waals surface area contributed by atoms with E-state index in [9.17, 15) is 5.11 Å². The van der Waals surface area contributed by atoms with E-state index < -0.39 is 6.10 Å². The standard InChI is InChI=1S/C9H9NOS2/c1-6-2-3-7(13-6)9(11)8-4-10-5-12-8/h2-5,9,11H,1H3. The van der Waals surface area contributed by atoms with E-state index in [2.05, 4.69) is 4.98 Å². The fourth-order valence-corrected chi connectivity index (χ4v) is 2.68. The second kappa shape index (κ2) is 3.57. The van der Waals surface area contributed by atoms with Gasteiger partial charge in [-0.2, -0.15) is 0 Å². The zero-order valence-electron chi connectivity index (χ0n) is 7.10. The van der Waals surface area contributed by atoms with Gasteiger partial charge in [0.1, 0.15) is 6.10 Å². The Morgan fingerprint density at radius 1 is 1.38 bits per heavy atom. The third-order valence-electron chi connectivity index (χ3n) is 1.75. The number of thiazole rings is 1. The van der Waals surface area contributed by atoms with Crippen molar-refractivity contribution in [3.05, 3.63) is 38.5 Å². The van der Waals surface area contributed by atoms with Gasteiger partial charge < -0.3 is 5.11 Å². The number of hydrogen-bond acceptors (Lipinski definition) is 4. The van der Waals surface area contributed by atoms with Crippen molar-refractivity contribution in [2.45, 2.75) is 13.0 Å². The molecule has 2 nitrogen and oxygen atoms in total. The van der Waals surface area contributed by atoms with Crippen LogP contribution in [-0.4, -0.2) is 10.1 Å². The van der Waals surface area contributed by atoms with Gasteiger partial charge in [0.15, 0.2) is 0 Å². The Labute approximate surface area is 84.5 Å². The van der Waals surface area contributed by atoms with Gasteiger partial charge in [-0.05, 0) is 19.1 Å². The number of aliphatic hydroxyl groups is 1. The summed E-state index contributed by atoms with van der Waals surface area (Å²) >= 11 is 3.10. The maximum absolute atomic E-state index is 9.87. The molecule has 13 heavy (non-hydrogen) atoms. The summed E-state index contributed by atoms with van der Waals surface area (Å²) in [6.45, 7) is 2.04. The van der Waals surface area contributed by atoms with Crippen molar-refractivity contribution in [3.8, 4) is 0 Å². The summed E-state index contributed by atoms with van der Waals surface area (Å²) in [4.78, 5) is 7.05. The lowest BCUT2D eigenvalue weighted by Crippen LogP contribution is -1.92. The molecule has 2 heterocycles. The number of aryl methyl sites for hydroxylation is 1. The topological polar surface area (TPSA) is 33.1 Å². The van der Waals surface area contributed by atoms with Crippen molar-refractivity contribution in [1.29, 1.82) is 0 Å². The van der Waals surface area contributed by atoms with Gasteiger partial charge >= 0.3 is 0 Å². The first-order valence-corrected chi connectivity index (χ1v) is 5.60. The van der Waals surface area contributed by atoms with Crippen LogP contribution >= 0.6 is 22.7 Å². The normalized spacial score (nSPS) is 13.1.